The maximum Gasteiger partial charge on any atom is 0.220 e. The van der Waals surface area contributed by atoms with Gasteiger partial charge in [-0.3, -0.25) is 0 Å². The summed E-state index contributed by atoms with van der Waals surface area (Å²) in [5.74, 6) is 0.355. The minimum atomic E-state index is -0.0166. The first-order valence-electron chi connectivity index (χ1n) is 6.07. The van der Waals surface area contributed by atoms with Crippen LogP contribution in [0.5, 0.6) is 0 Å². The van der Waals surface area contributed by atoms with Gasteiger partial charge in [-0.05, 0) is 0 Å². The van der Waals surface area contributed by atoms with E-state index in [0.717, 1.165) is 37.6 Å². The third kappa shape index (κ3) is 2.66. The first-order valence-corrected chi connectivity index (χ1v) is 6.07. The Bertz CT molecular complexity index is 390. The largest absolute Gasteiger partial charge is 0.368 e. The van der Waals surface area contributed by atoms with E-state index in [0.29, 0.717) is 5.95 Å². The molecule has 0 aromatic carbocycles. The standard InChI is InChI=1S/C12H21N5/c1-12(2,3)10-9(8-15-11(13)16-10)17-6-4-14-5-7-17/h8,14H,4-7H2,1-3H3,(H2,13,15,16). The van der Waals surface area contributed by atoms with Crippen LogP contribution in [0, 0.1) is 0 Å². The molecule has 3 N–H and O–H groups in total. The second-order valence-electron chi connectivity index (χ2n) is 5.45. The number of nitrogens with two attached hydrogens (primary N) is 1. The summed E-state index contributed by atoms with van der Waals surface area (Å²) < 4.78 is 0. The van der Waals surface area contributed by atoms with E-state index in [-0.39, 0.29) is 5.41 Å². The van der Waals surface area contributed by atoms with Crippen molar-refractivity contribution in [2.75, 3.05) is 36.8 Å². The van der Waals surface area contributed by atoms with E-state index in [4.69, 9.17) is 5.73 Å². The van der Waals surface area contributed by atoms with Crippen molar-refractivity contribution < 1.29 is 0 Å². The molecule has 0 aliphatic carbocycles. The Labute approximate surface area is 102 Å². The van der Waals surface area contributed by atoms with Crippen LogP contribution in [-0.2, 0) is 5.41 Å². The minimum Gasteiger partial charge on any atom is -0.368 e. The molecule has 1 aliphatic heterocycles. The van der Waals surface area contributed by atoms with Crippen LogP contribution in [0.3, 0.4) is 0 Å². The van der Waals surface area contributed by atoms with Gasteiger partial charge in [0.05, 0.1) is 17.6 Å². The van der Waals surface area contributed by atoms with Crippen LogP contribution >= 0.6 is 0 Å². The van der Waals surface area contributed by atoms with Crippen LogP contribution in [0.2, 0.25) is 0 Å². The van der Waals surface area contributed by atoms with Crippen molar-refractivity contribution in [1.29, 1.82) is 0 Å². The molecule has 1 saturated heterocycles. The lowest BCUT2D eigenvalue weighted by Gasteiger charge is -2.33. The molecular formula is C12H21N5. The highest BCUT2D eigenvalue weighted by molar-refractivity contribution is 5.53. The number of nitrogens with zero attached hydrogens (tertiary/aromatic N) is 3. The van der Waals surface area contributed by atoms with Gasteiger partial charge in [-0.15, -0.1) is 0 Å². The Morgan fingerprint density at radius 3 is 2.53 bits per heavy atom. The van der Waals surface area contributed by atoms with Crippen LogP contribution in [0.15, 0.2) is 6.20 Å². The van der Waals surface area contributed by atoms with Crippen LogP contribution in [0.25, 0.3) is 0 Å². The normalized spacial score (nSPS) is 17.2. The smallest absolute Gasteiger partial charge is 0.220 e. The van der Waals surface area contributed by atoms with Crippen molar-refractivity contribution in [3.05, 3.63) is 11.9 Å². The Kier molecular flexibility index (Phi) is 3.19. The first kappa shape index (κ1) is 12.1. The van der Waals surface area contributed by atoms with Gasteiger partial charge in [-0.2, -0.15) is 0 Å². The molecule has 17 heavy (non-hydrogen) atoms. The van der Waals surface area contributed by atoms with E-state index in [2.05, 4.69) is 41.0 Å². The average Bonchev–Trinajstić information content (AvgIpc) is 2.29. The summed E-state index contributed by atoms with van der Waals surface area (Å²) in [4.78, 5) is 10.9. The van der Waals surface area contributed by atoms with E-state index in [1.54, 1.807) is 0 Å². The van der Waals surface area contributed by atoms with Gasteiger partial charge in [0, 0.05) is 31.6 Å². The molecular weight excluding hydrogens is 214 g/mol. The molecule has 0 amide bonds. The molecule has 1 fully saturated rings. The minimum absolute atomic E-state index is 0.0166. The zero-order chi connectivity index (χ0) is 12.5. The molecule has 0 radical (unpaired) electrons. The number of rotatable bonds is 1. The number of hydrogen-bond donors (Lipinski definition) is 2. The molecule has 5 nitrogen and oxygen atoms in total. The molecule has 2 rings (SSSR count). The number of nitrogen functional groups attached to an aromatic ring is 1. The van der Waals surface area contributed by atoms with Crippen molar-refractivity contribution in [2.45, 2.75) is 26.2 Å². The monoisotopic (exact) mass is 235 g/mol. The van der Waals surface area contributed by atoms with Gasteiger partial charge in [-0.1, -0.05) is 20.8 Å². The molecule has 0 spiro atoms. The van der Waals surface area contributed by atoms with Gasteiger partial charge < -0.3 is 16.0 Å². The van der Waals surface area contributed by atoms with Crippen LogP contribution in [0.4, 0.5) is 11.6 Å². The molecule has 0 saturated carbocycles. The summed E-state index contributed by atoms with van der Waals surface area (Å²) in [6.45, 7) is 10.5. The maximum absolute atomic E-state index is 5.70. The topological polar surface area (TPSA) is 67.1 Å². The number of nitrogens with one attached hydrogen (secondary N) is 1. The highest BCUT2D eigenvalue weighted by Crippen LogP contribution is 2.30. The number of hydrogen-bond acceptors (Lipinski definition) is 5. The Morgan fingerprint density at radius 2 is 1.94 bits per heavy atom. The van der Waals surface area contributed by atoms with Crippen molar-refractivity contribution in [3.63, 3.8) is 0 Å². The Hall–Kier alpha value is -1.36. The summed E-state index contributed by atoms with van der Waals surface area (Å²) in [5, 5.41) is 3.35. The van der Waals surface area contributed by atoms with Gasteiger partial charge >= 0.3 is 0 Å². The fraction of sp³-hybridized carbons (Fsp3) is 0.667. The van der Waals surface area contributed by atoms with E-state index in [1.807, 2.05) is 6.20 Å². The Balaban J connectivity index is 2.38. The molecule has 5 heteroatoms. The SMILES string of the molecule is CC(C)(C)c1nc(N)ncc1N1CCNCC1. The van der Waals surface area contributed by atoms with Crippen LogP contribution in [0.1, 0.15) is 26.5 Å². The summed E-state index contributed by atoms with van der Waals surface area (Å²) in [7, 11) is 0. The molecule has 0 atom stereocenters. The van der Waals surface area contributed by atoms with Crippen molar-refractivity contribution >= 4 is 11.6 Å². The second-order valence-corrected chi connectivity index (χ2v) is 5.45. The molecule has 1 aromatic heterocycles. The quantitative estimate of drug-likeness (QED) is 0.752. The lowest BCUT2D eigenvalue weighted by molar-refractivity contribution is 0.548. The molecule has 1 aromatic rings. The van der Waals surface area contributed by atoms with Gasteiger partial charge in [0.15, 0.2) is 0 Å². The molecule has 94 valence electrons. The van der Waals surface area contributed by atoms with Crippen molar-refractivity contribution in [2.24, 2.45) is 0 Å². The van der Waals surface area contributed by atoms with Crippen molar-refractivity contribution in [1.82, 2.24) is 15.3 Å². The van der Waals surface area contributed by atoms with Gasteiger partial charge in [0.2, 0.25) is 5.95 Å². The fourth-order valence-electron chi connectivity index (χ4n) is 2.08. The van der Waals surface area contributed by atoms with E-state index in [1.165, 1.54) is 0 Å². The maximum atomic E-state index is 5.70. The highest BCUT2D eigenvalue weighted by atomic mass is 15.2. The lowest BCUT2D eigenvalue weighted by Crippen LogP contribution is -2.44. The highest BCUT2D eigenvalue weighted by Gasteiger charge is 2.24. The number of aromatic nitrogens is 2. The van der Waals surface area contributed by atoms with Gasteiger partial charge in [-0.25, -0.2) is 9.97 Å². The zero-order valence-electron chi connectivity index (χ0n) is 10.8. The van der Waals surface area contributed by atoms with E-state index in [9.17, 15) is 0 Å². The summed E-state index contributed by atoms with van der Waals surface area (Å²) in [5.41, 5.74) is 7.84. The predicted octanol–water partition coefficient (Wildman–Crippen LogP) is 0.766. The third-order valence-electron chi connectivity index (χ3n) is 2.96. The predicted molar refractivity (Wildman–Crippen MR) is 70.2 cm³/mol. The number of anilines is 2. The van der Waals surface area contributed by atoms with Gasteiger partial charge in [0.25, 0.3) is 0 Å². The first-order chi connectivity index (χ1) is 7.98. The third-order valence-corrected chi connectivity index (χ3v) is 2.96. The average molecular weight is 235 g/mol. The second kappa shape index (κ2) is 4.49. The fourth-order valence-corrected chi connectivity index (χ4v) is 2.08. The zero-order valence-corrected chi connectivity index (χ0v) is 10.8. The molecule has 0 bridgehead atoms. The summed E-state index contributed by atoms with van der Waals surface area (Å²) in [6, 6.07) is 0. The molecule has 2 heterocycles. The molecule has 0 unspecified atom stereocenters. The molecule has 1 aliphatic rings. The summed E-state index contributed by atoms with van der Waals surface area (Å²) >= 11 is 0. The van der Waals surface area contributed by atoms with Crippen LogP contribution in [-0.4, -0.2) is 36.1 Å². The Morgan fingerprint density at radius 1 is 1.29 bits per heavy atom. The lowest BCUT2D eigenvalue weighted by atomic mass is 9.90. The van der Waals surface area contributed by atoms with E-state index >= 15 is 0 Å². The van der Waals surface area contributed by atoms with Crippen molar-refractivity contribution in [3.8, 4) is 0 Å². The van der Waals surface area contributed by atoms with Crippen LogP contribution < -0.4 is 16.0 Å². The number of piperazine rings is 1. The van der Waals surface area contributed by atoms with Gasteiger partial charge in [0.1, 0.15) is 0 Å². The van der Waals surface area contributed by atoms with E-state index < -0.39 is 0 Å². The summed E-state index contributed by atoms with van der Waals surface area (Å²) in [6.07, 6.45) is 1.86.